The third-order valence-corrected chi connectivity index (χ3v) is 3.48. The number of nitrogens with zero attached hydrogens (tertiary/aromatic N) is 1. The number of carboxylic acid groups (broad SMARTS) is 1. The van der Waals surface area contributed by atoms with Crippen LogP contribution in [-0.4, -0.2) is 23.4 Å². The Morgan fingerprint density at radius 1 is 1.37 bits per heavy atom. The normalized spacial score (nSPS) is 14.8. The minimum Gasteiger partial charge on any atom is -0.479 e. The maximum atomic E-state index is 10.4. The van der Waals surface area contributed by atoms with Gasteiger partial charge in [-0.15, -0.1) is 0 Å². The highest BCUT2D eigenvalue weighted by Crippen LogP contribution is 2.28. The first-order valence-corrected chi connectivity index (χ1v) is 6.40. The summed E-state index contributed by atoms with van der Waals surface area (Å²) < 4.78 is 0. The second-order valence-electron chi connectivity index (χ2n) is 4.92. The first-order chi connectivity index (χ1) is 8.98. The average molecular weight is 263 g/mol. The first kappa shape index (κ1) is 15.2. The fourth-order valence-electron chi connectivity index (χ4n) is 1.85. The van der Waals surface area contributed by atoms with Gasteiger partial charge >= 0.3 is 5.97 Å². The number of hydrogen-bond donors (Lipinski definition) is 1. The molecule has 1 atom stereocenters. The molecule has 104 valence electrons. The predicted molar refractivity (Wildman–Crippen MR) is 75.2 cm³/mol. The highest BCUT2D eigenvalue weighted by Gasteiger charge is 2.26. The van der Waals surface area contributed by atoms with E-state index in [9.17, 15) is 4.79 Å². The number of benzene rings is 1. The molecular formula is C15H21NO3. The quantitative estimate of drug-likeness (QED) is 0.607. The fourth-order valence-corrected chi connectivity index (χ4v) is 1.85. The fraction of sp³-hybridized carbons (Fsp3) is 0.467. The van der Waals surface area contributed by atoms with Crippen LogP contribution in [0, 0.1) is 5.41 Å². The van der Waals surface area contributed by atoms with Crippen LogP contribution in [-0.2, 0) is 16.1 Å². The first-order valence-electron chi connectivity index (χ1n) is 6.40. The number of aliphatic carboxylic acids is 1. The van der Waals surface area contributed by atoms with E-state index in [1.807, 2.05) is 25.1 Å². The molecular weight excluding hydrogens is 242 g/mol. The summed E-state index contributed by atoms with van der Waals surface area (Å²) in [5, 5.41) is 12.5. The van der Waals surface area contributed by atoms with E-state index < -0.39 is 12.6 Å². The predicted octanol–water partition coefficient (Wildman–Crippen LogP) is 3.12. The maximum absolute atomic E-state index is 10.4. The molecule has 1 aromatic rings. The molecule has 0 aliphatic rings. The molecule has 0 aliphatic carbocycles. The highest BCUT2D eigenvalue weighted by molar-refractivity contribution is 5.87. The molecule has 0 heterocycles. The van der Waals surface area contributed by atoms with Crippen molar-refractivity contribution in [3.05, 3.63) is 35.9 Å². The summed E-state index contributed by atoms with van der Waals surface area (Å²) in [6, 6.07) is 10.2. The lowest BCUT2D eigenvalue weighted by atomic mass is 9.77. The number of oxime groups is 1. The Morgan fingerprint density at radius 3 is 2.53 bits per heavy atom. The zero-order valence-electron chi connectivity index (χ0n) is 11.7. The summed E-state index contributed by atoms with van der Waals surface area (Å²) in [5.41, 5.74) is 1.93. The van der Waals surface area contributed by atoms with Crippen LogP contribution in [0.2, 0.25) is 0 Å². The lowest BCUT2D eigenvalue weighted by molar-refractivity contribution is -0.142. The van der Waals surface area contributed by atoms with Gasteiger partial charge in [-0.25, -0.2) is 4.79 Å². The third-order valence-electron chi connectivity index (χ3n) is 3.48. The van der Waals surface area contributed by atoms with Crippen LogP contribution in [0.1, 0.15) is 32.8 Å². The zero-order valence-corrected chi connectivity index (χ0v) is 11.7. The van der Waals surface area contributed by atoms with Gasteiger partial charge in [-0.1, -0.05) is 49.3 Å². The maximum Gasteiger partial charge on any atom is 0.344 e. The second-order valence-corrected chi connectivity index (χ2v) is 4.92. The Morgan fingerprint density at radius 2 is 2.00 bits per heavy atom. The van der Waals surface area contributed by atoms with Crippen LogP contribution < -0.4 is 0 Å². The van der Waals surface area contributed by atoms with Gasteiger partial charge in [0, 0.05) is 5.41 Å². The van der Waals surface area contributed by atoms with Crippen molar-refractivity contribution in [3.63, 3.8) is 0 Å². The van der Waals surface area contributed by atoms with Crippen molar-refractivity contribution in [2.75, 3.05) is 6.61 Å². The van der Waals surface area contributed by atoms with Gasteiger partial charge in [-0.05, 0) is 25.3 Å². The minimum atomic E-state index is -1.02. The van der Waals surface area contributed by atoms with E-state index >= 15 is 0 Å². The second kappa shape index (κ2) is 6.92. The van der Waals surface area contributed by atoms with Gasteiger partial charge in [0.2, 0.25) is 6.61 Å². The van der Waals surface area contributed by atoms with Crippen molar-refractivity contribution in [1.29, 1.82) is 0 Å². The van der Waals surface area contributed by atoms with Gasteiger partial charge < -0.3 is 9.94 Å². The van der Waals surface area contributed by atoms with E-state index in [1.54, 1.807) is 0 Å². The third kappa shape index (κ3) is 4.73. The molecule has 0 aliphatic heterocycles. The molecule has 0 fully saturated rings. The molecule has 4 nitrogen and oxygen atoms in total. The van der Waals surface area contributed by atoms with Gasteiger partial charge in [0.15, 0.2) is 0 Å². The average Bonchev–Trinajstić information content (AvgIpc) is 2.39. The van der Waals surface area contributed by atoms with Crippen molar-refractivity contribution in [2.45, 2.75) is 33.6 Å². The van der Waals surface area contributed by atoms with Gasteiger partial charge in [-0.2, -0.15) is 0 Å². The van der Waals surface area contributed by atoms with Crippen LogP contribution in [0.3, 0.4) is 0 Å². The Hall–Kier alpha value is -1.84. The Kier molecular flexibility index (Phi) is 5.55. The summed E-state index contributed by atoms with van der Waals surface area (Å²) >= 11 is 0. The highest BCUT2D eigenvalue weighted by atomic mass is 16.6. The number of rotatable bonds is 7. The van der Waals surface area contributed by atoms with Gasteiger partial charge in [0.25, 0.3) is 0 Å². The number of carboxylic acids is 1. The lowest BCUT2D eigenvalue weighted by Gasteiger charge is -2.27. The topological polar surface area (TPSA) is 58.9 Å². The van der Waals surface area contributed by atoms with E-state index in [4.69, 9.17) is 9.94 Å². The molecule has 0 saturated carbocycles. The van der Waals surface area contributed by atoms with Crippen molar-refractivity contribution >= 4 is 11.7 Å². The van der Waals surface area contributed by atoms with E-state index in [0.29, 0.717) is 0 Å². The zero-order chi connectivity index (χ0) is 14.3. The molecule has 19 heavy (non-hydrogen) atoms. The van der Waals surface area contributed by atoms with Gasteiger partial charge in [0.1, 0.15) is 0 Å². The van der Waals surface area contributed by atoms with E-state index in [1.165, 1.54) is 5.56 Å². The molecule has 4 heteroatoms. The summed E-state index contributed by atoms with van der Waals surface area (Å²) in [7, 11) is 0. The van der Waals surface area contributed by atoms with Crippen LogP contribution in [0.4, 0.5) is 0 Å². The van der Waals surface area contributed by atoms with Gasteiger partial charge in [0.05, 0.1) is 5.71 Å². The van der Waals surface area contributed by atoms with Crippen LogP contribution >= 0.6 is 0 Å². The van der Waals surface area contributed by atoms with Crippen molar-refractivity contribution in [2.24, 2.45) is 10.6 Å². The summed E-state index contributed by atoms with van der Waals surface area (Å²) in [6.45, 7) is 5.69. The molecule has 0 saturated heterocycles. The van der Waals surface area contributed by atoms with E-state index in [2.05, 4.69) is 31.1 Å². The van der Waals surface area contributed by atoms with Crippen LogP contribution in [0.25, 0.3) is 0 Å². The van der Waals surface area contributed by atoms with Crippen molar-refractivity contribution < 1.29 is 14.7 Å². The standard InChI is InChI=1S/C15H21NO3/c1-4-15(3,10-13-8-6-5-7-9-13)12(2)16-19-11-14(17)18/h5-9H,4,10-11H2,1-3H3,(H,17,18). The number of carbonyl (C=O) groups is 1. The molecule has 0 spiro atoms. The Labute approximate surface area is 114 Å². The van der Waals surface area contributed by atoms with Crippen LogP contribution in [0.15, 0.2) is 35.5 Å². The Balaban J connectivity index is 2.75. The molecule has 1 aromatic carbocycles. The largest absolute Gasteiger partial charge is 0.479 e. The molecule has 0 aromatic heterocycles. The molecule has 0 bridgehead atoms. The summed E-state index contributed by atoms with van der Waals surface area (Å²) in [4.78, 5) is 15.2. The van der Waals surface area contributed by atoms with Crippen molar-refractivity contribution in [3.8, 4) is 0 Å². The number of hydrogen-bond acceptors (Lipinski definition) is 3. The molecule has 1 N–H and O–H groups in total. The van der Waals surface area contributed by atoms with E-state index in [-0.39, 0.29) is 5.41 Å². The molecule has 0 amide bonds. The van der Waals surface area contributed by atoms with Gasteiger partial charge in [-0.3, -0.25) is 0 Å². The molecule has 1 rings (SSSR count). The summed E-state index contributed by atoms with van der Waals surface area (Å²) in [5.74, 6) is -1.02. The minimum absolute atomic E-state index is 0.125. The van der Waals surface area contributed by atoms with E-state index in [0.717, 1.165) is 18.6 Å². The molecule has 0 radical (unpaired) electrons. The van der Waals surface area contributed by atoms with Crippen molar-refractivity contribution in [1.82, 2.24) is 0 Å². The Bertz CT molecular complexity index is 442. The summed E-state index contributed by atoms with van der Waals surface area (Å²) in [6.07, 6.45) is 1.77. The monoisotopic (exact) mass is 263 g/mol. The SMILES string of the molecule is CCC(C)(Cc1ccccc1)C(C)=NOCC(=O)O. The smallest absolute Gasteiger partial charge is 0.344 e. The van der Waals surface area contributed by atoms with Crippen LogP contribution in [0.5, 0.6) is 0 Å². The lowest BCUT2D eigenvalue weighted by Crippen LogP contribution is -2.28. The molecule has 1 unspecified atom stereocenters.